The molecule has 1 aliphatic rings. The Kier molecular flexibility index (Phi) is 5.05. The molecule has 0 aromatic carbocycles. The predicted molar refractivity (Wildman–Crippen MR) is 75.9 cm³/mol. The van der Waals surface area contributed by atoms with Crippen molar-refractivity contribution in [3.8, 4) is 0 Å². The van der Waals surface area contributed by atoms with Gasteiger partial charge in [0.05, 0.1) is 12.3 Å². The molecule has 1 aliphatic heterocycles. The Morgan fingerprint density at radius 3 is 2.65 bits per heavy atom. The molecule has 6 heteroatoms. The standard InChI is InChI=1S/C14H22N4O2/c1-11(13-4-2-3-5-16-13)17-6-8-18(9-7-17)14(20)12(15)10-19/h2-5,11-12,19H,6-10,15H2,1H3. The summed E-state index contributed by atoms with van der Waals surface area (Å²) in [4.78, 5) is 20.3. The maximum absolute atomic E-state index is 11.9. The van der Waals surface area contributed by atoms with Crippen molar-refractivity contribution in [2.45, 2.75) is 19.0 Å². The second-order valence-electron chi connectivity index (χ2n) is 5.08. The van der Waals surface area contributed by atoms with Crippen LogP contribution >= 0.6 is 0 Å². The topological polar surface area (TPSA) is 82.7 Å². The van der Waals surface area contributed by atoms with Crippen LogP contribution in [0.4, 0.5) is 0 Å². The lowest BCUT2D eigenvalue weighted by atomic mass is 10.1. The minimum atomic E-state index is -0.797. The number of piperazine rings is 1. The Hall–Kier alpha value is -1.50. The number of aromatic nitrogens is 1. The molecular weight excluding hydrogens is 256 g/mol. The van der Waals surface area contributed by atoms with Gasteiger partial charge < -0.3 is 15.7 Å². The fraction of sp³-hybridized carbons (Fsp3) is 0.571. The van der Waals surface area contributed by atoms with E-state index in [0.717, 1.165) is 18.8 Å². The van der Waals surface area contributed by atoms with Crippen molar-refractivity contribution < 1.29 is 9.90 Å². The third kappa shape index (κ3) is 3.33. The van der Waals surface area contributed by atoms with E-state index in [-0.39, 0.29) is 18.6 Å². The molecule has 1 aromatic rings. The van der Waals surface area contributed by atoms with E-state index in [0.29, 0.717) is 13.1 Å². The lowest BCUT2D eigenvalue weighted by molar-refractivity contribution is -0.135. The highest BCUT2D eigenvalue weighted by atomic mass is 16.3. The largest absolute Gasteiger partial charge is 0.394 e. The smallest absolute Gasteiger partial charge is 0.241 e. The molecule has 1 saturated heterocycles. The van der Waals surface area contributed by atoms with Gasteiger partial charge >= 0.3 is 0 Å². The number of carbonyl (C=O) groups excluding carboxylic acids is 1. The molecule has 0 spiro atoms. The average Bonchev–Trinajstić information content (AvgIpc) is 2.53. The third-order valence-corrected chi connectivity index (χ3v) is 3.80. The normalized spacial score (nSPS) is 19.6. The van der Waals surface area contributed by atoms with Crippen molar-refractivity contribution in [1.29, 1.82) is 0 Å². The van der Waals surface area contributed by atoms with Crippen LogP contribution < -0.4 is 5.73 Å². The zero-order valence-corrected chi connectivity index (χ0v) is 11.8. The molecule has 1 amide bonds. The summed E-state index contributed by atoms with van der Waals surface area (Å²) in [6.45, 7) is 4.69. The Morgan fingerprint density at radius 1 is 1.40 bits per heavy atom. The average molecular weight is 278 g/mol. The molecule has 2 rings (SSSR count). The fourth-order valence-electron chi connectivity index (χ4n) is 2.45. The van der Waals surface area contributed by atoms with E-state index in [1.807, 2.05) is 18.2 Å². The fourth-order valence-corrected chi connectivity index (χ4v) is 2.45. The van der Waals surface area contributed by atoms with Crippen molar-refractivity contribution in [3.05, 3.63) is 30.1 Å². The minimum absolute atomic E-state index is 0.169. The Morgan fingerprint density at radius 2 is 2.10 bits per heavy atom. The zero-order valence-electron chi connectivity index (χ0n) is 11.8. The highest BCUT2D eigenvalue weighted by Crippen LogP contribution is 2.19. The van der Waals surface area contributed by atoms with Gasteiger partial charge in [0.1, 0.15) is 6.04 Å². The van der Waals surface area contributed by atoms with Gasteiger partial charge in [-0.3, -0.25) is 14.7 Å². The number of carbonyl (C=O) groups is 1. The summed E-state index contributed by atoms with van der Waals surface area (Å²) >= 11 is 0. The number of aliphatic hydroxyl groups is 1. The molecule has 110 valence electrons. The lowest BCUT2D eigenvalue weighted by Gasteiger charge is -2.38. The van der Waals surface area contributed by atoms with Gasteiger partial charge in [0.2, 0.25) is 5.91 Å². The molecule has 0 bridgehead atoms. The van der Waals surface area contributed by atoms with Crippen LogP contribution in [0.25, 0.3) is 0 Å². The van der Waals surface area contributed by atoms with E-state index in [2.05, 4.69) is 16.8 Å². The van der Waals surface area contributed by atoms with Crippen LogP contribution in [0, 0.1) is 0 Å². The first-order valence-corrected chi connectivity index (χ1v) is 6.93. The van der Waals surface area contributed by atoms with Crippen LogP contribution in [0.15, 0.2) is 24.4 Å². The molecule has 20 heavy (non-hydrogen) atoms. The number of pyridine rings is 1. The van der Waals surface area contributed by atoms with Gasteiger partial charge in [-0.1, -0.05) is 6.07 Å². The van der Waals surface area contributed by atoms with Crippen LogP contribution in [0.1, 0.15) is 18.7 Å². The van der Waals surface area contributed by atoms with Crippen molar-refractivity contribution in [3.63, 3.8) is 0 Å². The Bertz CT molecular complexity index is 432. The molecule has 2 unspecified atom stereocenters. The van der Waals surface area contributed by atoms with E-state index in [1.54, 1.807) is 11.1 Å². The first kappa shape index (κ1) is 14.9. The third-order valence-electron chi connectivity index (χ3n) is 3.80. The SMILES string of the molecule is CC(c1ccccn1)N1CCN(C(=O)C(N)CO)CC1. The molecule has 3 N–H and O–H groups in total. The quantitative estimate of drug-likeness (QED) is 0.783. The van der Waals surface area contributed by atoms with Crippen molar-refractivity contribution in [2.75, 3.05) is 32.8 Å². The summed E-state index contributed by atoms with van der Waals surface area (Å²) in [6, 6.07) is 5.35. The van der Waals surface area contributed by atoms with Crippen LogP contribution in [0.5, 0.6) is 0 Å². The molecule has 6 nitrogen and oxygen atoms in total. The second kappa shape index (κ2) is 6.78. The maximum atomic E-state index is 11.9. The van der Waals surface area contributed by atoms with E-state index >= 15 is 0 Å². The van der Waals surface area contributed by atoms with Crippen molar-refractivity contribution in [1.82, 2.24) is 14.8 Å². The number of rotatable bonds is 4. The summed E-state index contributed by atoms with van der Waals surface area (Å²) in [7, 11) is 0. The van der Waals surface area contributed by atoms with Crippen LogP contribution in [0.2, 0.25) is 0 Å². The van der Waals surface area contributed by atoms with E-state index < -0.39 is 6.04 Å². The molecule has 0 aliphatic carbocycles. The van der Waals surface area contributed by atoms with Crippen LogP contribution in [0.3, 0.4) is 0 Å². The monoisotopic (exact) mass is 278 g/mol. The van der Waals surface area contributed by atoms with Gasteiger partial charge in [-0.25, -0.2) is 0 Å². The van der Waals surface area contributed by atoms with Crippen LogP contribution in [-0.4, -0.2) is 64.6 Å². The summed E-state index contributed by atoms with van der Waals surface area (Å²) in [5.41, 5.74) is 6.61. The van der Waals surface area contributed by atoms with Gasteiger partial charge in [0, 0.05) is 38.4 Å². The van der Waals surface area contributed by atoms with E-state index in [9.17, 15) is 4.79 Å². The first-order valence-electron chi connectivity index (χ1n) is 6.93. The Labute approximate surface area is 119 Å². The summed E-state index contributed by atoms with van der Waals surface area (Å²) in [5, 5.41) is 8.93. The first-order chi connectivity index (χ1) is 9.63. The van der Waals surface area contributed by atoms with Gasteiger partial charge in [0.25, 0.3) is 0 Å². The molecule has 2 heterocycles. The lowest BCUT2D eigenvalue weighted by Crippen LogP contribution is -2.54. The maximum Gasteiger partial charge on any atom is 0.241 e. The molecule has 2 atom stereocenters. The Balaban J connectivity index is 1.90. The number of aliphatic hydroxyl groups excluding tert-OH is 1. The van der Waals surface area contributed by atoms with Gasteiger partial charge in [-0.15, -0.1) is 0 Å². The van der Waals surface area contributed by atoms with Crippen molar-refractivity contribution in [2.24, 2.45) is 5.73 Å². The molecule has 1 fully saturated rings. The number of amides is 1. The van der Waals surface area contributed by atoms with Crippen molar-refractivity contribution >= 4 is 5.91 Å². The van der Waals surface area contributed by atoms with E-state index in [1.165, 1.54) is 0 Å². The highest BCUT2D eigenvalue weighted by molar-refractivity contribution is 5.81. The highest BCUT2D eigenvalue weighted by Gasteiger charge is 2.27. The second-order valence-corrected chi connectivity index (χ2v) is 5.08. The van der Waals surface area contributed by atoms with Gasteiger partial charge in [-0.05, 0) is 19.1 Å². The summed E-state index contributed by atoms with van der Waals surface area (Å²) in [6.07, 6.45) is 1.80. The molecule has 0 saturated carbocycles. The molecule has 0 radical (unpaired) electrons. The van der Waals surface area contributed by atoms with Gasteiger partial charge in [-0.2, -0.15) is 0 Å². The van der Waals surface area contributed by atoms with Crippen LogP contribution in [-0.2, 0) is 4.79 Å². The zero-order chi connectivity index (χ0) is 14.5. The van der Waals surface area contributed by atoms with Gasteiger partial charge in [0.15, 0.2) is 0 Å². The molecular formula is C14H22N4O2. The number of hydrogen-bond acceptors (Lipinski definition) is 5. The minimum Gasteiger partial charge on any atom is -0.394 e. The molecule has 1 aromatic heterocycles. The number of nitrogens with zero attached hydrogens (tertiary/aromatic N) is 3. The number of hydrogen-bond donors (Lipinski definition) is 2. The van der Waals surface area contributed by atoms with E-state index in [4.69, 9.17) is 10.8 Å². The summed E-state index contributed by atoms with van der Waals surface area (Å²) < 4.78 is 0. The number of nitrogens with two attached hydrogens (primary N) is 1. The summed E-state index contributed by atoms with van der Waals surface area (Å²) in [5.74, 6) is -0.169. The predicted octanol–water partition coefficient (Wildman–Crippen LogP) is -0.394.